The van der Waals surface area contributed by atoms with Crippen LogP contribution in [0.3, 0.4) is 0 Å². The number of cyclic esters (lactones) is 1. The van der Waals surface area contributed by atoms with Crippen molar-refractivity contribution in [1.29, 1.82) is 0 Å². The van der Waals surface area contributed by atoms with E-state index >= 15 is 0 Å². The summed E-state index contributed by atoms with van der Waals surface area (Å²) in [6.07, 6.45) is 9.75. The Kier molecular flexibility index (Phi) is 6.37. The van der Waals surface area contributed by atoms with Crippen LogP contribution in [0.1, 0.15) is 87.2 Å². The van der Waals surface area contributed by atoms with Crippen LogP contribution in [0, 0.1) is 23.6 Å². The molecule has 2 atom stereocenters. The maximum atomic E-state index is 14.7. The molecular weight excluding hydrogens is 327 g/mol. The van der Waals surface area contributed by atoms with Crippen molar-refractivity contribution in [3.05, 3.63) is 34.6 Å². The van der Waals surface area contributed by atoms with Crippen LogP contribution in [0.2, 0.25) is 0 Å². The summed E-state index contributed by atoms with van der Waals surface area (Å²) in [6, 6.07) is 3.80. The molecular formula is C23H33FO2. The van der Waals surface area contributed by atoms with Gasteiger partial charge in [0.25, 0.3) is 0 Å². The van der Waals surface area contributed by atoms with Gasteiger partial charge in [-0.2, -0.15) is 0 Å². The fraction of sp³-hybridized carbons (Fsp3) is 0.696. The predicted octanol–water partition coefficient (Wildman–Crippen LogP) is 6.10. The maximum Gasteiger partial charge on any atom is 0.341 e. The molecule has 2 unspecified atom stereocenters. The minimum atomic E-state index is -0.460. The standard InChI is InChI=1S/C23H33FO2/c1-4-6-16-8-10-17(11-9-16)15(3)20-14-19-13-12-18(7-5-2)22(24)21(19)23(25)26-20/h12-13,15-17,20H,4-11,14H2,1-3H3. The minimum Gasteiger partial charge on any atom is -0.458 e. The average molecular weight is 361 g/mol. The Bertz CT molecular complexity index is 631. The summed E-state index contributed by atoms with van der Waals surface area (Å²) in [4.78, 5) is 12.5. The van der Waals surface area contributed by atoms with Gasteiger partial charge in [-0.25, -0.2) is 9.18 Å². The molecule has 0 bridgehead atoms. The highest BCUT2D eigenvalue weighted by atomic mass is 19.1. The summed E-state index contributed by atoms with van der Waals surface area (Å²) in [5.74, 6) is 1.02. The molecule has 0 N–H and O–H groups in total. The molecule has 2 nitrogen and oxygen atoms in total. The van der Waals surface area contributed by atoms with Crippen molar-refractivity contribution in [3.8, 4) is 0 Å². The van der Waals surface area contributed by atoms with E-state index in [4.69, 9.17) is 4.74 Å². The van der Waals surface area contributed by atoms with Gasteiger partial charge in [-0.1, -0.05) is 65.0 Å². The van der Waals surface area contributed by atoms with Gasteiger partial charge in [0.05, 0.1) is 5.56 Å². The second-order valence-corrected chi connectivity index (χ2v) is 8.40. The summed E-state index contributed by atoms with van der Waals surface area (Å²) >= 11 is 0. The van der Waals surface area contributed by atoms with Crippen molar-refractivity contribution < 1.29 is 13.9 Å². The Labute approximate surface area is 157 Å². The van der Waals surface area contributed by atoms with Gasteiger partial charge in [-0.05, 0) is 48.1 Å². The molecule has 0 aromatic heterocycles. The Morgan fingerprint density at radius 3 is 2.54 bits per heavy atom. The van der Waals surface area contributed by atoms with Crippen molar-refractivity contribution in [2.75, 3.05) is 0 Å². The smallest absolute Gasteiger partial charge is 0.341 e. The molecule has 1 fully saturated rings. The predicted molar refractivity (Wildman–Crippen MR) is 103 cm³/mol. The largest absolute Gasteiger partial charge is 0.458 e. The first-order valence-electron chi connectivity index (χ1n) is 10.6. The Hall–Kier alpha value is -1.38. The summed E-state index contributed by atoms with van der Waals surface area (Å²) in [7, 11) is 0. The lowest BCUT2D eigenvalue weighted by atomic mass is 9.72. The number of halogens is 1. The average Bonchev–Trinajstić information content (AvgIpc) is 2.64. The molecule has 1 aliphatic carbocycles. The zero-order valence-electron chi connectivity index (χ0n) is 16.5. The number of hydrogen-bond acceptors (Lipinski definition) is 2. The highest BCUT2D eigenvalue weighted by molar-refractivity contribution is 5.92. The van der Waals surface area contributed by atoms with Crippen LogP contribution < -0.4 is 0 Å². The molecule has 1 aromatic rings. The van der Waals surface area contributed by atoms with E-state index in [9.17, 15) is 9.18 Å². The molecule has 1 aliphatic heterocycles. The molecule has 144 valence electrons. The van der Waals surface area contributed by atoms with Crippen molar-refractivity contribution in [3.63, 3.8) is 0 Å². The molecule has 1 heterocycles. The number of carbonyl (C=O) groups is 1. The van der Waals surface area contributed by atoms with Gasteiger partial charge in [0.15, 0.2) is 0 Å². The topological polar surface area (TPSA) is 26.3 Å². The third-order valence-electron chi connectivity index (χ3n) is 6.63. The van der Waals surface area contributed by atoms with E-state index in [-0.39, 0.29) is 17.5 Å². The van der Waals surface area contributed by atoms with Gasteiger partial charge in [0, 0.05) is 6.42 Å². The summed E-state index contributed by atoms with van der Waals surface area (Å²) < 4.78 is 20.4. The first kappa shape index (κ1) is 19.4. The van der Waals surface area contributed by atoms with Gasteiger partial charge < -0.3 is 4.74 Å². The fourth-order valence-electron chi connectivity index (χ4n) is 4.97. The van der Waals surface area contributed by atoms with Crippen LogP contribution in [0.15, 0.2) is 12.1 Å². The number of fused-ring (bicyclic) bond motifs is 1. The molecule has 1 aromatic carbocycles. The minimum absolute atomic E-state index is 0.112. The first-order valence-corrected chi connectivity index (χ1v) is 10.6. The number of esters is 1. The molecule has 3 rings (SSSR count). The lowest BCUT2D eigenvalue weighted by Crippen LogP contribution is -2.37. The van der Waals surface area contributed by atoms with Crippen LogP contribution in [0.25, 0.3) is 0 Å². The van der Waals surface area contributed by atoms with E-state index in [1.807, 2.05) is 19.1 Å². The van der Waals surface area contributed by atoms with Crippen molar-refractivity contribution >= 4 is 5.97 Å². The molecule has 1 saturated carbocycles. The van der Waals surface area contributed by atoms with E-state index in [0.717, 1.165) is 17.9 Å². The van der Waals surface area contributed by atoms with Crippen LogP contribution >= 0.6 is 0 Å². The number of benzene rings is 1. The number of carbonyl (C=O) groups excluding carboxylic acids is 1. The lowest BCUT2D eigenvalue weighted by molar-refractivity contribution is -0.00414. The van der Waals surface area contributed by atoms with Gasteiger partial charge in [0.1, 0.15) is 11.9 Å². The fourth-order valence-corrected chi connectivity index (χ4v) is 4.97. The van der Waals surface area contributed by atoms with E-state index in [1.165, 1.54) is 38.5 Å². The zero-order valence-corrected chi connectivity index (χ0v) is 16.5. The van der Waals surface area contributed by atoms with Gasteiger partial charge in [0.2, 0.25) is 0 Å². The highest BCUT2D eigenvalue weighted by Gasteiger charge is 2.37. The quantitative estimate of drug-likeness (QED) is 0.573. The molecule has 3 heteroatoms. The van der Waals surface area contributed by atoms with E-state index < -0.39 is 5.97 Å². The van der Waals surface area contributed by atoms with E-state index in [1.54, 1.807) is 0 Å². The molecule has 26 heavy (non-hydrogen) atoms. The number of hydrogen-bond donors (Lipinski definition) is 0. The number of rotatable bonds is 6. The summed E-state index contributed by atoms with van der Waals surface area (Å²) in [6.45, 7) is 6.50. The van der Waals surface area contributed by atoms with Crippen molar-refractivity contribution in [2.24, 2.45) is 17.8 Å². The molecule has 0 radical (unpaired) electrons. The second-order valence-electron chi connectivity index (χ2n) is 8.40. The lowest BCUT2D eigenvalue weighted by Gasteiger charge is -2.37. The Morgan fingerprint density at radius 1 is 1.15 bits per heavy atom. The Balaban J connectivity index is 1.69. The van der Waals surface area contributed by atoms with Crippen LogP contribution in [-0.4, -0.2) is 12.1 Å². The van der Waals surface area contributed by atoms with Gasteiger partial charge in [-0.15, -0.1) is 0 Å². The van der Waals surface area contributed by atoms with Crippen LogP contribution in [0.4, 0.5) is 4.39 Å². The van der Waals surface area contributed by atoms with Crippen molar-refractivity contribution in [1.82, 2.24) is 0 Å². The molecule has 0 amide bonds. The summed E-state index contributed by atoms with van der Waals surface area (Å²) in [5, 5.41) is 0. The first-order chi connectivity index (χ1) is 12.5. The molecule has 0 saturated heterocycles. The maximum absolute atomic E-state index is 14.7. The van der Waals surface area contributed by atoms with Crippen LogP contribution in [-0.2, 0) is 17.6 Å². The highest BCUT2D eigenvalue weighted by Crippen LogP contribution is 2.39. The van der Waals surface area contributed by atoms with E-state index in [0.29, 0.717) is 30.2 Å². The number of aryl methyl sites for hydroxylation is 1. The zero-order chi connectivity index (χ0) is 18.7. The molecule has 0 spiro atoms. The third kappa shape index (κ3) is 3.97. The number of ether oxygens (including phenoxy) is 1. The summed E-state index contributed by atoms with van der Waals surface area (Å²) in [5.41, 5.74) is 1.64. The van der Waals surface area contributed by atoms with Gasteiger partial charge >= 0.3 is 5.97 Å². The van der Waals surface area contributed by atoms with Gasteiger partial charge in [-0.3, -0.25) is 0 Å². The Morgan fingerprint density at radius 2 is 1.88 bits per heavy atom. The normalized spacial score (nSPS) is 26.9. The van der Waals surface area contributed by atoms with Crippen molar-refractivity contribution in [2.45, 2.75) is 84.7 Å². The van der Waals surface area contributed by atoms with E-state index in [2.05, 4.69) is 13.8 Å². The van der Waals surface area contributed by atoms with Crippen LogP contribution in [0.5, 0.6) is 0 Å². The monoisotopic (exact) mass is 360 g/mol. The second kappa shape index (κ2) is 8.54. The SMILES string of the molecule is CCCc1ccc2c(c1F)C(=O)OC(C(C)C1CCC(CCC)CC1)C2. The molecule has 2 aliphatic rings. The third-order valence-corrected chi connectivity index (χ3v) is 6.63.